The van der Waals surface area contributed by atoms with Crippen molar-refractivity contribution in [1.82, 2.24) is 0 Å². The first-order valence-corrected chi connectivity index (χ1v) is 9.89. The maximum Gasteiger partial charge on any atom is 0.268 e. The maximum absolute atomic E-state index is 13.4. The number of rotatable bonds is 4. The number of nitrogens with zero attached hydrogens (tertiary/aromatic N) is 1. The minimum atomic E-state index is -1.82. The molecule has 1 heterocycles. The van der Waals surface area contributed by atoms with Crippen LogP contribution in [0.25, 0.3) is 0 Å². The lowest BCUT2D eigenvalue weighted by Gasteiger charge is -2.24. The summed E-state index contributed by atoms with van der Waals surface area (Å²) < 4.78 is 0. The van der Waals surface area contributed by atoms with Crippen LogP contribution in [-0.4, -0.2) is 23.5 Å². The van der Waals surface area contributed by atoms with Crippen LogP contribution in [-0.2, 0) is 15.2 Å². The molecule has 4 rings (SSSR count). The van der Waals surface area contributed by atoms with Crippen LogP contribution >= 0.6 is 0 Å². The van der Waals surface area contributed by atoms with Gasteiger partial charge in [0.05, 0.1) is 5.69 Å². The fourth-order valence-electron chi connectivity index (χ4n) is 3.95. The molecule has 0 aliphatic carbocycles. The van der Waals surface area contributed by atoms with Crippen molar-refractivity contribution in [2.24, 2.45) is 0 Å². The van der Waals surface area contributed by atoms with Gasteiger partial charge in [0.1, 0.15) is 6.54 Å². The van der Waals surface area contributed by atoms with E-state index in [1.54, 1.807) is 36.4 Å². The molecule has 0 spiro atoms. The molecule has 5 nitrogen and oxygen atoms in total. The zero-order valence-electron chi connectivity index (χ0n) is 17.3. The first-order valence-electron chi connectivity index (χ1n) is 9.89. The van der Waals surface area contributed by atoms with Gasteiger partial charge in [-0.2, -0.15) is 0 Å². The van der Waals surface area contributed by atoms with E-state index in [1.165, 1.54) is 4.90 Å². The molecule has 3 aromatic rings. The van der Waals surface area contributed by atoms with Crippen LogP contribution in [0.2, 0.25) is 0 Å². The Balaban J connectivity index is 1.65. The van der Waals surface area contributed by atoms with Crippen LogP contribution in [0, 0.1) is 20.8 Å². The zero-order valence-corrected chi connectivity index (χ0v) is 17.3. The summed E-state index contributed by atoms with van der Waals surface area (Å²) in [6.45, 7) is 5.68. The van der Waals surface area contributed by atoms with Crippen molar-refractivity contribution in [2.45, 2.75) is 26.4 Å². The van der Waals surface area contributed by atoms with Gasteiger partial charge in [-0.3, -0.25) is 14.5 Å². The third-order valence-electron chi connectivity index (χ3n) is 5.57. The molecule has 5 heteroatoms. The molecule has 0 fully saturated rings. The predicted octanol–water partition coefficient (Wildman–Crippen LogP) is 3.83. The van der Waals surface area contributed by atoms with E-state index in [4.69, 9.17) is 0 Å². The Kier molecular flexibility index (Phi) is 4.92. The van der Waals surface area contributed by atoms with E-state index in [0.717, 1.165) is 16.7 Å². The van der Waals surface area contributed by atoms with Gasteiger partial charge in [-0.05, 0) is 44.0 Å². The summed E-state index contributed by atoms with van der Waals surface area (Å²) in [7, 11) is 0. The van der Waals surface area contributed by atoms with Gasteiger partial charge in [0.2, 0.25) is 5.91 Å². The number of benzene rings is 3. The van der Waals surface area contributed by atoms with E-state index in [0.29, 0.717) is 22.5 Å². The summed E-state index contributed by atoms with van der Waals surface area (Å²) >= 11 is 0. The van der Waals surface area contributed by atoms with Gasteiger partial charge < -0.3 is 10.4 Å². The molecule has 2 amide bonds. The quantitative estimate of drug-likeness (QED) is 0.699. The molecular formula is C25H24N2O3. The lowest BCUT2D eigenvalue weighted by atomic mass is 9.87. The molecular weight excluding hydrogens is 376 g/mol. The Labute approximate surface area is 176 Å². The topological polar surface area (TPSA) is 69.6 Å². The average Bonchev–Trinajstić information content (AvgIpc) is 2.93. The van der Waals surface area contributed by atoms with Crippen molar-refractivity contribution >= 4 is 23.2 Å². The van der Waals surface area contributed by atoms with Crippen molar-refractivity contribution in [3.8, 4) is 0 Å². The Hall–Kier alpha value is -3.44. The molecule has 1 aliphatic heterocycles. The third kappa shape index (κ3) is 3.27. The minimum Gasteiger partial charge on any atom is -0.372 e. The van der Waals surface area contributed by atoms with Gasteiger partial charge in [-0.1, -0.05) is 65.7 Å². The molecule has 1 aliphatic rings. The van der Waals surface area contributed by atoms with Crippen LogP contribution in [0.3, 0.4) is 0 Å². The van der Waals surface area contributed by atoms with Gasteiger partial charge in [0.15, 0.2) is 5.60 Å². The SMILES string of the molecule is Cc1ccc(C2(O)C(=O)N(CC(=O)Nc3ccc(C)cc3C)c3ccccc32)cc1. The predicted molar refractivity (Wildman–Crippen MR) is 118 cm³/mol. The summed E-state index contributed by atoms with van der Waals surface area (Å²) in [5, 5.41) is 14.4. The van der Waals surface area contributed by atoms with Gasteiger partial charge in [-0.15, -0.1) is 0 Å². The van der Waals surface area contributed by atoms with E-state index in [2.05, 4.69) is 5.32 Å². The van der Waals surface area contributed by atoms with E-state index < -0.39 is 11.5 Å². The van der Waals surface area contributed by atoms with E-state index >= 15 is 0 Å². The third-order valence-corrected chi connectivity index (χ3v) is 5.57. The molecule has 0 radical (unpaired) electrons. The van der Waals surface area contributed by atoms with Crippen LogP contribution < -0.4 is 10.2 Å². The minimum absolute atomic E-state index is 0.183. The fourth-order valence-corrected chi connectivity index (χ4v) is 3.95. The number of anilines is 2. The Morgan fingerprint density at radius 1 is 0.967 bits per heavy atom. The Morgan fingerprint density at radius 2 is 1.63 bits per heavy atom. The van der Waals surface area contributed by atoms with Crippen molar-refractivity contribution in [3.05, 3.63) is 94.5 Å². The van der Waals surface area contributed by atoms with Crippen LogP contribution in [0.5, 0.6) is 0 Å². The van der Waals surface area contributed by atoms with Crippen LogP contribution in [0.15, 0.2) is 66.7 Å². The monoisotopic (exact) mass is 400 g/mol. The lowest BCUT2D eigenvalue weighted by Crippen LogP contribution is -2.44. The average molecular weight is 400 g/mol. The van der Waals surface area contributed by atoms with Gasteiger partial charge >= 0.3 is 0 Å². The number of aryl methyl sites for hydroxylation is 3. The van der Waals surface area contributed by atoms with Crippen LogP contribution in [0.4, 0.5) is 11.4 Å². The normalized spacial score (nSPS) is 17.7. The van der Waals surface area contributed by atoms with Crippen molar-refractivity contribution in [1.29, 1.82) is 0 Å². The number of hydrogen-bond acceptors (Lipinski definition) is 3. The number of nitrogens with one attached hydrogen (secondary N) is 1. The lowest BCUT2D eigenvalue weighted by molar-refractivity contribution is -0.133. The Morgan fingerprint density at radius 3 is 2.33 bits per heavy atom. The highest BCUT2D eigenvalue weighted by atomic mass is 16.3. The Bertz CT molecular complexity index is 1140. The largest absolute Gasteiger partial charge is 0.372 e. The smallest absolute Gasteiger partial charge is 0.268 e. The summed E-state index contributed by atoms with van der Waals surface area (Å²) in [5.74, 6) is -0.846. The van der Waals surface area contributed by atoms with Crippen molar-refractivity contribution in [3.63, 3.8) is 0 Å². The van der Waals surface area contributed by atoms with E-state index in [-0.39, 0.29) is 12.5 Å². The highest BCUT2D eigenvalue weighted by Crippen LogP contribution is 2.44. The molecule has 0 aromatic heterocycles. The number of carbonyl (C=O) groups excluding carboxylic acids is 2. The van der Waals surface area contributed by atoms with E-state index in [9.17, 15) is 14.7 Å². The summed E-state index contributed by atoms with van der Waals surface area (Å²) in [4.78, 5) is 27.5. The second kappa shape index (κ2) is 7.43. The molecule has 1 unspecified atom stereocenters. The number of carbonyl (C=O) groups is 2. The van der Waals surface area contributed by atoms with Crippen molar-refractivity contribution < 1.29 is 14.7 Å². The number of fused-ring (bicyclic) bond motifs is 1. The van der Waals surface area contributed by atoms with Crippen molar-refractivity contribution in [2.75, 3.05) is 16.8 Å². The second-order valence-corrected chi connectivity index (χ2v) is 7.85. The molecule has 152 valence electrons. The first-order chi connectivity index (χ1) is 14.3. The molecule has 2 N–H and O–H groups in total. The molecule has 0 saturated carbocycles. The molecule has 3 aromatic carbocycles. The first kappa shape index (κ1) is 19.9. The van der Waals surface area contributed by atoms with Gasteiger partial charge in [0.25, 0.3) is 5.91 Å². The highest BCUT2D eigenvalue weighted by Gasteiger charge is 2.51. The van der Waals surface area contributed by atoms with Gasteiger partial charge in [-0.25, -0.2) is 0 Å². The summed E-state index contributed by atoms with van der Waals surface area (Å²) in [5.41, 5.74) is 3.50. The maximum atomic E-state index is 13.4. The highest BCUT2D eigenvalue weighted by molar-refractivity contribution is 6.12. The summed E-state index contributed by atoms with van der Waals surface area (Å²) in [6, 6.07) is 20.1. The fraction of sp³-hybridized carbons (Fsp3) is 0.200. The molecule has 1 atom stereocenters. The van der Waals surface area contributed by atoms with Gasteiger partial charge in [0, 0.05) is 11.3 Å². The molecule has 0 saturated heterocycles. The second-order valence-electron chi connectivity index (χ2n) is 7.85. The number of aliphatic hydroxyl groups is 1. The zero-order chi connectivity index (χ0) is 21.5. The summed E-state index contributed by atoms with van der Waals surface area (Å²) in [6.07, 6.45) is 0. The number of para-hydroxylation sites is 1. The van der Waals surface area contributed by atoms with E-state index in [1.807, 2.05) is 51.1 Å². The molecule has 30 heavy (non-hydrogen) atoms. The van der Waals surface area contributed by atoms with Crippen LogP contribution in [0.1, 0.15) is 27.8 Å². The standard InChI is InChI=1S/C25H24N2O3/c1-16-8-11-19(12-9-16)25(30)20-6-4-5-7-22(20)27(24(25)29)15-23(28)26-21-13-10-17(2)14-18(21)3/h4-14,30H,15H2,1-3H3,(H,26,28). The number of hydrogen-bond donors (Lipinski definition) is 2. The molecule has 0 bridgehead atoms. The number of amides is 2.